The number of piperidine rings is 1. The summed E-state index contributed by atoms with van der Waals surface area (Å²) >= 11 is 1.83. The van der Waals surface area contributed by atoms with Crippen LogP contribution in [0.3, 0.4) is 0 Å². The van der Waals surface area contributed by atoms with Gasteiger partial charge in [-0.05, 0) is 66.9 Å². The first-order chi connectivity index (χ1) is 17.0. The van der Waals surface area contributed by atoms with Gasteiger partial charge in [-0.3, -0.25) is 0 Å². The van der Waals surface area contributed by atoms with E-state index in [1.807, 2.05) is 36.2 Å². The van der Waals surface area contributed by atoms with Crippen molar-refractivity contribution in [2.75, 3.05) is 18.8 Å². The number of halogens is 1. The first-order valence-corrected chi connectivity index (χ1v) is 12.8. The molecule has 1 aliphatic heterocycles. The number of carbonyl (C=O) groups is 1. The van der Waals surface area contributed by atoms with Gasteiger partial charge < -0.3 is 14.8 Å². The second-order valence-electron chi connectivity index (χ2n) is 8.77. The van der Waals surface area contributed by atoms with Gasteiger partial charge in [-0.1, -0.05) is 37.1 Å². The molecule has 180 valence electrons. The molecular formula is C28H27FN2O3S. The number of carboxylic acids is 1. The van der Waals surface area contributed by atoms with Gasteiger partial charge in [0.05, 0.1) is 11.1 Å². The molecule has 1 atom stereocenters. The van der Waals surface area contributed by atoms with Gasteiger partial charge in [0.2, 0.25) is 0 Å². The van der Waals surface area contributed by atoms with E-state index in [0.29, 0.717) is 0 Å². The Kier molecular flexibility index (Phi) is 6.54. The fourth-order valence-electron chi connectivity index (χ4n) is 5.13. The molecule has 1 saturated heterocycles. The molecule has 0 saturated carbocycles. The molecular weight excluding hydrogens is 463 g/mol. The number of nitrogens with zero attached hydrogens (tertiary/aromatic N) is 2. The first-order valence-electron chi connectivity index (χ1n) is 11.8. The number of rotatable bonds is 6. The van der Waals surface area contributed by atoms with Gasteiger partial charge in [-0.15, -0.1) is 0 Å². The minimum absolute atomic E-state index is 0.164. The van der Waals surface area contributed by atoms with Crippen molar-refractivity contribution in [1.82, 2.24) is 8.87 Å². The van der Waals surface area contributed by atoms with E-state index in [0.717, 1.165) is 65.1 Å². The molecule has 0 bridgehead atoms. The topological polar surface area (TPSA) is 65.7 Å². The number of hydrogen-bond donors (Lipinski definition) is 2. The Morgan fingerprint density at radius 2 is 1.83 bits per heavy atom. The van der Waals surface area contributed by atoms with Crippen molar-refractivity contribution < 1.29 is 19.4 Å². The molecule has 1 aromatic heterocycles. The number of phenolic OH excluding ortho intramolecular Hbond substituents is 1. The monoisotopic (exact) mass is 490 g/mol. The zero-order chi connectivity index (χ0) is 24.5. The summed E-state index contributed by atoms with van der Waals surface area (Å²) in [5, 5.41) is 21.1. The van der Waals surface area contributed by atoms with Crippen LogP contribution < -0.4 is 0 Å². The van der Waals surface area contributed by atoms with E-state index in [9.17, 15) is 19.4 Å². The Bertz CT molecular complexity index is 1360. The second kappa shape index (κ2) is 9.76. The van der Waals surface area contributed by atoms with E-state index in [-0.39, 0.29) is 23.0 Å². The molecule has 0 aliphatic carbocycles. The van der Waals surface area contributed by atoms with Gasteiger partial charge in [-0.2, -0.15) is 0 Å². The fraction of sp³-hybridized carbons (Fsp3) is 0.250. The number of aromatic hydroxyl groups is 1. The van der Waals surface area contributed by atoms with Crippen molar-refractivity contribution in [3.8, 4) is 22.6 Å². The van der Waals surface area contributed by atoms with Crippen molar-refractivity contribution in [3.05, 3.63) is 83.8 Å². The maximum Gasteiger partial charge on any atom is 0.335 e. The Labute approximate surface area is 207 Å². The summed E-state index contributed by atoms with van der Waals surface area (Å²) in [6, 6.07) is 18.7. The maximum atomic E-state index is 13.8. The number of benzene rings is 3. The van der Waals surface area contributed by atoms with Crippen molar-refractivity contribution in [1.29, 1.82) is 0 Å². The van der Waals surface area contributed by atoms with Gasteiger partial charge in [0.15, 0.2) is 0 Å². The highest BCUT2D eigenvalue weighted by Crippen LogP contribution is 2.46. The third kappa shape index (κ3) is 4.42. The SMILES string of the molecule is CCSN1CCCC(c2c(-c3ccc(C(=O)O)cc3)c3c(O)cccc3n2-c2ccc(F)cc2)C1. The zero-order valence-corrected chi connectivity index (χ0v) is 20.3. The van der Waals surface area contributed by atoms with Crippen molar-refractivity contribution in [2.45, 2.75) is 25.7 Å². The molecule has 1 fully saturated rings. The van der Waals surface area contributed by atoms with Crippen LogP contribution in [0.4, 0.5) is 4.39 Å². The minimum atomic E-state index is -0.979. The largest absolute Gasteiger partial charge is 0.507 e. The lowest BCUT2D eigenvalue weighted by molar-refractivity contribution is 0.0697. The van der Waals surface area contributed by atoms with Gasteiger partial charge >= 0.3 is 5.97 Å². The van der Waals surface area contributed by atoms with Gasteiger partial charge in [0, 0.05) is 47.1 Å². The van der Waals surface area contributed by atoms with Crippen LogP contribution in [0.5, 0.6) is 5.75 Å². The summed E-state index contributed by atoms with van der Waals surface area (Å²) in [6.45, 7) is 4.04. The number of phenols is 1. The molecule has 5 nitrogen and oxygen atoms in total. The molecule has 7 heteroatoms. The highest BCUT2D eigenvalue weighted by atomic mass is 32.2. The summed E-state index contributed by atoms with van der Waals surface area (Å²) < 4.78 is 18.4. The number of carboxylic acid groups (broad SMARTS) is 1. The Balaban J connectivity index is 1.81. The molecule has 2 heterocycles. The minimum Gasteiger partial charge on any atom is -0.507 e. The summed E-state index contributed by atoms with van der Waals surface area (Å²) in [5.74, 6) is 0.0549. The van der Waals surface area contributed by atoms with E-state index in [1.165, 1.54) is 12.1 Å². The lowest BCUT2D eigenvalue weighted by Crippen LogP contribution is -2.30. The predicted molar refractivity (Wildman–Crippen MR) is 139 cm³/mol. The molecule has 4 aromatic rings. The average molecular weight is 491 g/mol. The van der Waals surface area contributed by atoms with Crippen molar-refractivity contribution >= 4 is 28.8 Å². The average Bonchev–Trinajstić information content (AvgIpc) is 3.21. The molecule has 35 heavy (non-hydrogen) atoms. The molecule has 0 amide bonds. The van der Waals surface area contributed by atoms with Crippen LogP contribution in [0.25, 0.3) is 27.7 Å². The molecule has 0 radical (unpaired) electrons. The van der Waals surface area contributed by atoms with Crippen LogP contribution >= 0.6 is 11.9 Å². The fourth-order valence-corrected chi connectivity index (χ4v) is 6.04. The van der Waals surface area contributed by atoms with Crippen LogP contribution in [0.15, 0.2) is 66.7 Å². The highest BCUT2D eigenvalue weighted by molar-refractivity contribution is 7.96. The van der Waals surface area contributed by atoms with E-state index >= 15 is 0 Å². The van der Waals surface area contributed by atoms with Gasteiger partial charge in [0.1, 0.15) is 11.6 Å². The smallest absolute Gasteiger partial charge is 0.335 e. The summed E-state index contributed by atoms with van der Waals surface area (Å²) in [7, 11) is 0. The molecule has 2 N–H and O–H groups in total. The van der Waals surface area contributed by atoms with Gasteiger partial charge in [-0.25, -0.2) is 13.5 Å². The highest BCUT2D eigenvalue weighted by Gasteiger charge is 2.31. The Hall–Kier alpha value is -3.29. The van der Waals surface area contributed by atoms with Gasteiger partial charge in [0.25, 0.3) is 0 Å². The van der Waals surface area contributed by atoms with Crippen molar-refractivity contribution in [3.63, 3.8) is 0 Å². The predicted octanol–water partition coefficient (Wildman–Crippen LogP) is 6.69. The van der Waals surface area contributed by atoms with Crippen LogP contribution in [0.2, 0.25) is 0 Å². The number of fused-ring (bicyclic) bond motifs is 1. The van der Waals surface area contributed by atoms with Crippen LogP contribution in [-0.2, 0) is 0 Å². The Morgan fingerprint density at radius 1 is 1.09 bits per heavy atom. The Morgan fingerprint density at radius 3 is 2.51 bits per heavy atom. The van der Waals surface area contributed by atoms with E-state index < -0.39 is 5.97 Å². The lowest BCUT2D eigenvalue weighted by Gasteiger charge is -2.33. The number of hydrogen-bond acceptors (Lipinski definition) is 4. The zero-order valence-electron chi connectivity index (χ0n) is 19.4. The molecule has 0 spiro atoms. The third-order valence-electron chi connectivity index (χ3n) is 6.60. The van der Waals surface area contributed by atoms with E-state index in [4.69, 9.17) is 0 Å². The van der Waals surface area contributed by atoms with E-state index in [2.05, 4.69) is 15.8 Å². The standard InChI is InChI=1S/C28H27FN2O3S/c1-2-35-30-16-4-5-20(17-30)27-25(18-8-10-19(11-9-18)28(33)34)26-23(6-3-7-24(26)32)31(27)22-14-12-21(29)13-15-22/h3,6-15,20,32H,2,4-5,16-17H2,1H3,(H,33,34). The molecule has 1 aliphatic rings. The van der Waals surface area contributed by atoms with E-state index in [1.54, 1.807) is 30.3 Å². The quantitative estimate of drug-likeness (QED) is 0.295. The van der Waals surface area contributed by atoms with Crippen LogP contribution in [-0.4, -0.2) is 43.9 Å². The van der Waals surface area contributed by atoms with Crippen molar-refractivity contribution in [2.24, 2.45) is 0 Å². The number of aromatic carboxylic acids is 1. The second-order valence-corrected chi connectivity index (χ2v) is 10.1. The normalized spacial score (nSPS) is 16.6. The summed E-state index contributed by atoms with van der Waals surface area (Å²) in [6.07, 6.45) is 2.03. The maximum absolute atomic E-state index is 13.8. The van der Waals surface area contributed by atoms with Crippen LogP contribution in [0, 0.1) is 5.82 Å². The molecule has 3 aromatic carbocycles. The lowest BCUT2D eigenvalue weighted by atomic mass is 9.89. The first kappa shape index (κ1) is 23.5. The number of aromatic nitrogens is 1. The summed E-state index contributed by atoms with van der Waals surface area (Å²) in [4.78, 5) is 11.5. The van der Waals surface area contributed by atoms with Crippen LogP contribution in [0.1, 0.15) is 41.7 Å². The summed E-state index contributed by atoms with van der Waals surface area (Å²) in [5.41, 5.74) is 4.67. The molecule has 5 rings (SSSR count). The third-order valence-corrected chi connectivity index (χ3v) is 7.55. The molecule has 1 unspecified atom stereocenters.